The fourth-order valence-corrected chi connectivity index (χ4v) is 2.44. The summed E-state index contributed by atoms with van der Waals surface area (Å²) in [6.07, 6.45) is 4.20. The van der Waals surface area contributed by atoms with Gasteiger partial charge in [0.1, 0.15) is 5.78 Å². The first kappa shape index (κ1) is 13.7. The Morgan fingerprint density at radius 2 is 2.12 bits per heavy atom. The second kappa shape index (κ2) is 5.81. The van der Waals surface area contributed by atoms with Crippen molar-refractivity contribution in [3.8, 4) is 0 Å². The summed E-state index contributed by atoms with van der Waals surface area (Å²) in [4.78, 5) is 12.2. The molecule has 1 unspecified atom stereocenters. The van der Waals surface area contributed by atoms with E-state index in [1.165, 1.54) is 12.8 Å². The molecule has 1 atom stereocenters. The number of nitrogens with one attached hydrogen (secondary N) is 1. The summed E-state index contributed by atoms with van der Waals surface area (Å²) in [6.45, 7) is 10.8. The van der Waals surface area contributed by atoms with Gasteiger partial charge in [-0.25, -0.2) is 0 Å². The third-order valence-corrected chi connectivity index (χ3v) is 3.98. The van der Waals surface area contributed by atoms with Gasteiger partial charge >= 0.3 is 0 Å². The van der Waals surface area contributed by atoms with Gasteiger partial charge in [0.2, 0.25) is 0 Å². The van der Waals surface area contributed by atoms with Crippen molar-refractivity contribution in [1.82, 2.24) is 5.32 Å². The lowest BCUT2D eigenvalue weighted by molar-refractivity contribution is -0.130. The first-order valence-corrected chi connectivity index (χ1v) is 6.68. The molecule has 94 valence electrons. The Morgan fingerprint density at radius 3 is 2.62 bits per heavy atom. The van der Waals surface area contributed by atoms with Crippen molar-refractivity contribution < 1.29 is 4.79 Å². The molecule has 0 amide bonds. The first-order valence-electron chi connectivity index (χ1n) is 6.68. The minimum absolute atomic E-state index is 0.137. The molecule has 1 N–H and O–H groups in total. The highest BCUT2D eigenvalue weighted by atomic mass is 16.1. The zero-order chi connectivity index (χ0) is 12.2. The van der Waals surface area contributed by atoms with Crippen LogP contribution >= 0.6 is 0 Å². The van der Waals surface area contributed by atoms with Crippen LogP contribution in [0.1, 0.15) is 53.4 Å². The summed E-state index contributed by atoms with van der Waals surface area (Å²) in [5.74, 6) is 1.61. The Hall–Kier alpha value is -0.370. The van der Waals surface area contributed by atoms with Gasteiger partial charge in [-0.2, -0.15) is 0 Å². The van der Waals surface area contributed by atoms with Gasteiger partial charge in [-0.1, -0.05) is 27.7 Å². The van der Waals surface area contributed by atoms with Crippen LogP contribution in [-0.2, 0) is 4.79 Å². The predicted molar refractivity (Wildman–Crippen MR) is 68.5 cm³/mol. The summed E-state index contributed by atoms with van der Waals surface area (Å²) in [5, 5.41) is 3.41. The summed E-state index contributed by atoms with van der Waals surface area (Å²) in [6, 6.07) is 0. The topological polar surface area (TPSA) is 29.1 Å². The number of Topliss-reactive ketones (excluding diaryl/α,β-unsaturated/α-hetero) is 1. The maximum absolute atomic E-state index is 12.2. The highest BCUT2D eigenvalue weighted by Gasteiger charge is 2.36. The van der Waals surface area contributed by atoms with Crippen LogP contribution in [0.2, 0.25) is 0 Å². The van der Waals surface area contributed by atoms with Crippen LogP contribution in [0.4, 0.5) is 0 Å². The van der Waals surface area contributed by atoms with E-state index in [2.05, 4.69) is 33.0 Å². The monoisotopic (exact) mass is 225 g/mol. The normalized spacial score (nSPS) is 22.4. The van der Waals surface area contributed by atoms with E-state index in [0.717, 1.165) is 25.9 Å². The van der Waals surface area contributed by atoms with E-state index in [-0.39, 0.29) is 5.41 Å². The number of ketones is 1. The summed E-state index contributed by atoms with van der Waals surface area (Å²) in [5.41, 5.74) is -0.137. The van der Waals surface area contributed by atoms with Gasteiger partial charge in [-0.15, -0.1) is 0 Å². The van der Waals surface area contributed by atoms with Crippen LogP contribution in [0, 0.1) is 17.3 Å². The number of hydrogen-bond acceptors (Lipinski definition) is 2. The highest BCUT2D eigenvalue weighted by Crippen LogP contribution is 2.34. The molecule has 2 nitrogen and oxygen atoms in total. The molecule has 0 aromatic rings. The van der Waals surface area contributed by atoms with E-state index >= 15 is 0 Å². The Balaban J connectivity index is 2.50. The Labute approximate surface area is 100 Å². The van der Waals surface area contributed by atoms with E-state index in [1.54, 1.807) is 0 Å². The third-order valence-electron chi connectivity index (χ3n) is 3.98. The standard InChI is InChI=1S/C14H27NO/c1-11(2)7-8-13(16)14(3,4)12-6-5-9-15-10-12/h11-12,15H,5-10H2,1-4H3. The molecule has 0 radical (unpaired) electrons. The highest BCUT2D eigenvalue weighted by molar-refractivity contribution is 5.84. The van der Waals surface area contributed by atoms with Crippen molar-refractivity contribution in [3.05, 3.63) is 0 Å². The lowest BCUT2D eigenvalue weighted by Crippen LogP contribution is -2.42. The average molecular weight is 225 g/mol. The maximum atomic E-state index is 12.2. The summed E-state index contributed by atoms with van der Waals surface area (Å²) < 4.78 is 0. The van der Waals surface area contributed by atoms with Crippen molar-refractivity contribution in [2.24, 2.45) is 17.3 Å². The van der Waals surface area contributed by atoms with Crippen molar-refractivity contribution in [2.75, 3.05) is 13.1 Å². The number of piperidine rings is 1. The van der Waals surface area contributed by atoms with Crippen molar-refractivity contribution in [2.45, 2.75) is 53.4 Å². The van der Waals surface area contributed by atoms with Crippen LogP contribution < -0.4 is 5.32 Å². The zero-order valence-corrected chi connectivity index (χ0v) is 11.3. The van der Waals surface area contributed by atoms with Gasteiger partial charge in [0.15, 0.2) is 0 Å². The second-order valence-corrected chi connectivity index (χ2v) is 6.12. The molecule has 0 aromatic carbocycles. The molecule has 0 spiro atoms. The molecule has 1 aliphatic heterocycles. The van der Waals surface area contributed by atoms with Gasteiger partial charge in [0.05, 0.1) is 0 Å². The second-order valence-electron chi connectivity index (χ2n) is 6.12. The molecule has 1 saturated heterocycles. The molecule has 1 aliphatic rings. The minimum atomic E-state index is -0.137. The van der Waals surface area contributed by atoms with Gasteiger partial charge in [0, 0.05) is 11.8 Å². The Kier molecular flexibility index (Phi) is 4.97. The number of hydrogen-bond donors (Lipinski definition) is 1. The van der Waals surface area contributed by atoms with E-state index in [9.17, 15) is 4.79 Å². The van der Waals surface area contributed by atoms with Crippen molar-refractivity contribution >= 4 is 5.78 Å². The van der Waals surface area contributed by atoms with Crippen LogP contribution in [0.5, 0.6) is 0 Å². The molecule has 0 saturated carbocycles. The average Bonchev–Trinajstić information content (AvgIpc) is 2.27. The Bertz CT molecular complexity index is 227. The zero-order valence-electron chi connectivity index (χ0n) is 11.3. The largest absolute Gasteiger partial charge is 0.316 e. The molecule has 1 fully saturated rings. The van der Waals surface area contributed by atoms with Gasteiger partial charge in [-0.3, -0.25) is 4.79 Å². The number of carbonyl (C=O) groups is 1. The summed E-state index contributed by atoms with van der Waals surface area (Å²) >= 11 is 0. The molecule has 0 aromatic heterocycles. The third kappa shape index (κ3) is 3.58. The van der Waals surface area contributed by atoms with Gasteiger partial charge in [-0.05, 0) is 44.2 Å². The van der Waals surface area contributed by atoms with Crippen LogP contribution in [-0.4, -0.2) is 18.9 Å². The first-order chi connectivity index (χ1) is 7.44. The van der Waals surface area contributed by atoms with Crippen LogP contribution in [0.3, 0.4) is 0 Å². The van der Waals surface area contributed by atoms with Crippen LogP contribution in [0.25, 0.3) is 0 Å². The van der Waals surface area contributed by atoms with Crippen molar-refractivity contribution in [3.63, 3.8) is 0 Å². The lowest BCUT2D eigenvalue weighted by Gasteiger charge is -2.36. The maximum Gasteiger partial charge on any atom is 0.138 e. The molecule has 0 bridgehead atoms. The lowest BCUT2D eigenvalue weighted by atomic mass is 9.71. The number of carbonyl (C=O) groups excluding carboxylic acids is 1. The molecular formula is C14H27NO. The Morgan fingerprint density at radius 1 is 1.44 bits per heavy atom. The van der Waals surface area contributed by atoms with Crippen molar-refractivity contribution in [1.29, 1.82) is 0 Å². The van der Waals surface area contributed by atoms with E-state index < -0.39 is 0 Å². The van der Waals surface area contributed by atoms with E-state index in [4.69, 9.17) is 0 Å². The molecule has 1 rings (SSSR count). The van der Waals surface area contributed by atoms with E-state index in [0.29, 0.717) is 17.6 Å². The fraction of sp³-hybridized carbons (Fsp3) is 0.929. The fourth-order valence-electron chi connectivity index (χ4n) is 2.44. The minimum Gasteiger partial charge on any atom is -0.316 e. The molecule has 16 heavy (non-hydrogen) atoms. The van der Waals surface area contributed by atoms with Gasteiger partial charge < -0.3 is 5.32 Å². The molecular weight excluding hydrogens is 198 g/mol. The van der Waals surface area contributed by atoms with Crippen LogP contribution in [0.15, 0.2) is 0 Å². The molecule has 2 heteroatoms. The number of rotatable bonds is 5. The quantitative estimate of drug-likeness (QED) is 0.779. The summed E-state index contributed by atoms with van der Waals surface area (Å²) in [7, 11) is 0. The predicted octanol–water partition coefficient (Wildman–Crippen LogP) is 3.02. The smallest absolute Gasteiger partial charge is 0.138 e. The SMILES string of the molecule is CC(C)CCC(=O)C(C)(C)C1CCCNC1. The molecule has 1 heterocycles. The molecule has 0 aliphatic carbocycles. The van der Waals surface area contributed by atoms with Gasteiger partial charge in [0.25, 0.3) is 0 Å². The van der Waals surface area contributed by atoms with E-state index in [1.807, 2.05) is 0 Å².